The molecule has 2 amide bonds. The van der Waals surface area contributed by atoms with E-state index in [-0.39, 0.29) is 12.1 Å². The number of carbonyl (C=O) groups excluding carboxylic acids is 1. The summed E-state index contributed by atoms with van der Waals surface area (Å²) in [6, 6.07) is 8.80. The Morgan fingerprint density at radius 3 is 3.00 bits per heavy atom. The Hall–Kier alpha value is -1.79. The van der Waals surface area contributed by atoms with Crippen LogP contribution in [0.15, 0.2) is 24.3 Å². The molecule has 3 rings (SSSR count). The van der Waals surface area contributed by atoms with Crippen molar-refractivity contribution in [2.45, 2.75) is 25.5 Å². The van der Waals surface area contributed by atoms with Crippen molar-refractivity contribution < 1.29 is 14.3 Å². The maximum atomic E-state index is 11.8. The summed E-state index contributed by atoms with van der Waals surface area (Å²) in [6.45, 7) is 5.91. The minimum atomic E-state index is -0.153. The number of nitrogens with zero attached hydrogens (tertiary/aromatic N) is 1. The van der Waals surface area contributed by atoms with Crippen LogP contribution in [0.3, 0.4) is 0 Å². The van der Waals surface area contributed by atoms with Gasteiger partial charge in [-0.3, -0.25) is 0 Å². The largest absolute Gasteiger partial charge is 0.376 e. The molecule has 6 heteroatoms. The molecule has 1 fully saturated rings. The highest BCUT2D eigenvalue weighted by atomic mass is 16.6. The predicted octanol–water partition coefficient (Wildman–Crippen LogP) is 1.15. The van der Waals surface area contributed by atoms with Crippen LogP contribution in [0.1, 0.15) is 12.5 Å². The van der Waals surface area contributed by atoms with E-state index in [9.17, 15) is 4.79 Å². The number of hydrogen-bond donors (Lipinski definition) is 2. The number of anilines is 1. The van der Waals surface area contributed by atoms with E-state index in [1.807, 2.05) is 0 Å². The van der Waals surface area contributed by atoms with Crippen LogP contribution in [0, 0.1) is 0 Å². The molecule has 2 aliphatic heterocycles. The van der Waals surface area contributed by atoms with Crippen LogP contribution in [-0.4, -0.2) is 57.6 Å². The molecule has 0 aromatic heterocycles. The van der Waals surface area contributed by atoms with E-state index in [2.05, 4.69) is 46.7 Å². The van der Waals surface area contributed by atoms with E-state index < -0.39 is 0 Å². The van der Waals surface area contributed by atoms with Gasteiger partial charge in [-0.05, 0) is 25.0 Å². The molecule has 1 saturated heterocycles. The molecular formula is C17H25N3O3. The number of rotatable bonds is 5. The Labute approximate surface area is 137 Å². The SMILES string of the molecule is C[C@@H]1Cc2ccccc2N1CCNC(=O)NC[C@H]1COCCO1. The number of benzene rings is 1. The number of nitrogens with one attached hydrogen (secondary N) is 2. The number of ether oxygens (including phenoxy) is 2. The average molecular weight is 319 g/mol. The summed E-state index contributed by atoms with van der Waals surface area (Å²) in [6.07, 6.45) is 1.03. The molecule has 126 valence electrons. The highest BCUT2D eigenvalue weighted by molar-refractivity contribution is 5.73. The zero-order valence-electron chi connectivity index (χ0n) is 13.6. The van der Waals surface area contributed by atoms with E-state index in [0.29, 0.717) is 39.0 Å². The van der Waals surface area contributed by atoms with Gasteiger partial charge < -0.3 is 25.0 Å². The van der Waals surface area contributed by atoms with E-state index in [4.69, 9.17) is 9.47 Å². The molecule has 1 aromatic rings. The van der Waals surface area contributed by atoms with Crippen LogP contribution in [-0.2, 0) is 15.9 Å². The van der Waals surface area contributed by atoms with Crippen molar-refractivity contribution in [3.05, 3.63) is 29.8 Å². The lowest BCUT2D eigenvalue weighted by atomic mass is 10.1. The topological polar surface area (TPSA) is 62.8 Å². The number of para-hydroxylation sites is 1. The van der Waals surface area contributed by atoms with Gasteiger partial charge >= 0.3 is 6.03 Å². The summed E-state index contributed by atoms with van der Waals surface area (Å²) in [7, 11) is 0. The van der Waals surface area contributed by atoms with Crippen molar-refractivity contribution in [2.75, 3.05) is 44.4 Å². The quantitative estimate of drug-likeness (QED) is 0.855. The first-order chi connectivity index (χ1) is 11.2. The number of urea groups is 1. The van der Waals surface area contributed by atoms with E-state index in [1.165, 1.54) is 11.3 Å². The number of hydrogen-bond acceptors (Lipinski definition) is 4. The summed E-state index contributed by atoms with van der Waals surface area (Å²) in [4.78, 5) is 14.2. The highest BCUT2D eigenvalue weighted by Crippen LogP contribution is 2.31. The van der Waals surface area contributed by atoms with Gasteiger partial charge in [0.2, 0.25) is 0 Å². The molecule has 0 bridgehead atoms. The van der Waals surface area contributed by atoms with Gasteiger partial charge in [-0.25, -0.2) is 4.79 Å². The van der Waals surface area contributed by atoms with Gasteiger partial charge in [0, 0.05) is 31.4 Å². The monoisotopic (exact) mass is 319 g/mol. The molecule has 2 N–H and O–H groups in total. The van der Waals surface area contributed by atoms with Crippen LogP contribution in [0.5, 0.6) is 0 Å². The summed E-state index contributed by atoms with van der Waals surface area (Å²) in [5.74, 6) is 0. The third-order valence-electron chi connectivity index (χ3n) is 4.36. The molecule has 1 aromatic carbocycles. The molecule has 6 nitrogen and oxygen atoms in total. The zero-order valence-corrected chi connectivity index (χ0v) is 13.6. The minimum Gasteiger partial charge on any atom is -0.376 e. The van der Waals surface area contributed by atoms with Gasteiger partial charge in [0.1, 0.15) is 0 Å². The minimum absolute atomic E-state index is 0.0417. The fourth-order valence-corrected chi connectivity index (χ4v) is 3.18. The summed E-state index contributed by atoms with van der Waals surface area (Å²) in [5, 5.41) is 5.75. The fraction of sp³-hybridized carbons (Fsp3) is 0.588. The lowest BCUT2D eigenvalue weighted by Crippen LogP contribution is -2.45. The number of amides is 2. The van der Waals surface area contributed by atoms with E-state index in [1.54, 1.807) is 0 Å². The van der Waals surface area contributed by atoms with Gasteiger partial charge in [0.25, 0.3) is 0 Å². The molecule has 0 spiro atoms. The summed E-state index contributed by atoms with van der Waals surface area (Å²) in [5.41, 5.74) is 2.67. The van der Waals surface area contributed by atoms with Crippen molar-refractivity contribution >= 4 is 11.7 Å². The standard InChI is InChI=1S/C17H25N3O3/c1-13-10-14-4-2-3-5-16(14)20(13)7-6-18-17(21)19-11-15-12-22-8-9-23-15/h2-5,13,15H,6-12H2,1H3,(H2,18,19,21)/t13-,15+/m1/s1. The van der Waals surface area contributed by atoms with Crippen LogP contribution in [0.25, 0.3) is 0 Å². The highest BCUT2D eigenvalue weighted by Gasteiger charge is 2.24. The zero-order chi connectivity index (χ0) is 16.1. The first kappa shape index (κ1) is 16.1. The fourth-order valence-electron chi connectivity index (χ4n) is 3.18. The van der Waals surface area contributed by atoms with Crippen LogP contribution < -0.4 is 15.5 Å². The van der Waals surface area contributed by atoms with Crippen molar-refractivity contribution in [2.24, 2.45) is 0 Å². The molecular weight excluding hydrogens is 294 g/mol. The van der Waals surface area contributed by atoms with Crippen molar-refractivity contribution in [1.29, 1.82) is 0 Å². The normalized spacial score (nSPS) is 23.4. The molecule has 0 radical (unpaired) electrons. The van der Waals surface area contributed by atoms with Crippen LogP contribution >= 0.6 is 0 Å². The first-order valence-electron chi connectivity index (χ1n) is 8.29. The maximum Gasteiger partial charge on any atom is 0.314 e. The van der Waals surface area contributed by atoms with Gasteiger partial charge in [0.05, 0.1) is 25.9 Å². The molecule has 0 saturated carbocycles. The molecule has 2 heterocycles. The Kier molecular flexibility index (Phi) is 5.35. The van der Waals surface area contributed by atoms with E-state index in [0.717, 1.165) is 13.0 Å². The lowest BCUT2D eigenvalue weighted by Gasteiger charge is -2.25. The smallest absolute Gasteiger partial charge is 0.314 e. The second-order valence-corrected chi connectivity index (χ2v) is 6.08. The van der Waals surface area contributed by atoms with Gasteiger partial charge in [-0.15, -0.1) is 0 Å². The average Bonchev–Trinajstić information content (AvgIpc) is 2.90. The van der Waals surface area contributed by atoms with Crippen LogP contribution in [0.4, 0.5) is 10.5 Å². The first-order valence-corrected chi connectivity index (χ1v) is 8.29. The number of fused-ring (bicyclic) bond motifs is 1. The van der Waals surface area contributed by atoms with Gasteiger partial charge in [0.15, 0.2) is 0 Å². The van der Waals surface area contributed by atoms with Crippen molar-refractivity contribution in [3.8, 4) is 0 Å². The van der Waals surface area contributed by atoms with E-state index >= 15 is 0 Å². The maximum absolute atomic E-state index is 11.8. The van der Waals surface area contributed by atoms with Crippen molar-refractivity contribution in [1.82, 2.24) is 10.6 Å². The molecule has 0 aliphatic carbocycles. The van der Waals surface area contributed by atoms with Crippen LogP contribution in [0.2, 0.25) is 0 Å². The summed E-state index contributed by atoms with van der Waals surface area (Å²) < 4.78 is 10.8. The third-order valence-corrected chi connectivity index (χ3v) is 4.36. The second kappa shape index (κ2) is 7.66. The van der Waals surface area contributed by atoms with Crippen molar-refractivity contribution in [3.63, 3.8) is 0 Å². The Morgan fingerprint density at radius 2 is 2.17 bits per heavy atom. The molecule has 0 unspecified atom stereocenters. The second-order valence-electron chi connectivity index (χ2n) is 6.08. The number of carbonyl (C=O) groups is 1. The molecule has 2 aliphatic rings. The Bertz CT molecular complexity index is 532. The van der Waals surface area contributed by atoms with Gasteiger partial charge in [-0.1, -0.05) is 18.2 Å². The predicted molar refractivity (Wildman–Crippen MR) is 88.9 cm³/mol. The Morgan fingerprint density at radius 1 is 1.30 bits per heavy atom. The Balaban J connectivity index is 1.38. The van der Waals surface area contributed by atoms with Gasteiger partial charge in [-0.2, -0.15) is 0 Å². The molecule has 23 heavy (non-hydrogen) atoms. The molecule has 2 atom stereocenters. The summed E-state index contributed by atoms with van der Waals surface area (Å²) >= 11 is 0. The lowest BCUT2D eigenvalue weighted by molar-refractivity contribution is -0.0853. The third kappa shape index (κ3) is 4.14.